The largest absolute Gasteiger partial charge is 0.478 e. The molecular weight excluding hydrogens is 269 g/mol. The normalized spacial score (nSPS) is 9.48. The molecule has 4 nitrogen and oxygen atoms in total. The van der Waals surface area contributed by atoms with Crippen LogP contribution in [0, 0.1) is 28.5 Å². The molecule has 0 aliphatic carbocycles. The summed E-state index contributed by atoms with van der Waals surface area (Å²) in [4.78, 5) is 0. The highest BCUT2D eigenvalue weighted by molar-refractivity contribution is 5.58. The van der Waals surface area contributed by atoms with E-state index in [2.05, 4.69) is 5.32 Å². The van der Waals surface area contributed by atoms with Gasteiger partial charge in [0.15, 0.2) is 6.61 Å². The lowest BCUT2D eigenvalue weighted by atomic mass is 10.1. The first-order chi connectivity index (χ1) is 10.3. The van der Waals surface area contributed by atoms with Gasteiger partial charge in [0.2, 0.25) is 0 Å². The van der Waals surface area contributed by atoms with Crippen LogP contribution >= 0.6 is 0 Å². The van der Waals surface area contributed by atoms with E-state index in [4.69, 9.17) is 15.3 Å². The van der Waals surface area contributed by atoms with Gasteiger partial charge in [-0.05, 0) is 18.2 Å². The molecule has 0 saturated carbocycles. The summed E-state index contributed by atoms with van der Waals surface area (Å²) in [6.45, 7) is 0.320. The molecule has 0 atom stereocenters. The molecule has 5 heteroatoms. The van der Waals surface area contributed by atoms with E-state index in [1.54, 1.807) is 18.2 Å². The van der Waals surface area contributed by atoms with Crippen molar-refractivity contribution in [2.75, 3.05) is 11.9 Å². The van der Waals surface area contributed by atoms with Crippen molar-refractivity contribution in [1.82, 2.24) is 0 Å². The predicted octanol–water partition coefficient (Wildman–Crippen LogP) is 3.21. The highest BCUT2D eigenvalue weighted by Crippen LogP contribution is 2.22. The van der Waals surface area contributed by atoms with Crippen molar-refractivity contribution in [1.29, 1.82) is 10.5 Å². The second-order valence-electron chi connectivity index (χ2n) is 4.18. The smallest absolute Gasteiger partial charge is 0.174 e. The number of rotatable bonds is 5. The molecule has 21 heavy (non-hydrogen) atoms. The van der Waals surface area contributed by atoms with E-state index in [9.17, 15) is 4.39 Å². The average Bonchev–Trinajstić information content (AvgIpc) is 2.51. The Morgan fingerprint density at radius 1 is 1.10 bits per heavy atom. The summed E-state index contributed by atoms with van der Waals surface area (Å²) in [6, 6.07) is 15.4. The Balaban J connectivity index is 2.16. The van der Waals surface area contributed by atoms with Crippen LogP contribution in [0.4, 0.5) is 10.1 Å². The van der Waals surface area contributed by atoms with Gasteiger partial charge in [-0.3, -0.25) is 0 Å². The Bertz CT molecular complexity index is 716. The highest BCUT2D eigenvalue weighted by atomic mass is 19.1. The molecule has 0 radical (unpaired) electrons. The van der Waals surface area contributed by atoms with Crippen LogP contribution in [-0.2, 0) is 6.54 Å². The summed E-state index contributed by atoms with van der Waals surface area (Å²) in [5, 5.41) is 20.5. The van der Waals surface area contributed by atoms with E-state index >= 15 is 0 Å². The zero-order valence-corrected chi connectivity index (χ0v) is 11.1. The van der Waals surface area contributed by atoms with Crippen molar-refractivity contribution in [2.45, 2.75) is 6.54 Å². The third-order valence-corrected chi connectivity index (χ3v) is 2.86. The van der Waals surface area contributed by atoms with Crippen LogP contribution < -0.4 is 10.1 Å². The van der Waals surface area contributed by atoms with E-state index in [-0.39, 0.29) is 12.2 Å². The molecule has 0 amide bonds. The van der Waals surface area contributed by atoms with Crippen LogP contribution in [0.5, 0.6) is 5.75 Å². The summed E-state index contributed by atoms with van der Waals surface area (Å²) in [7, 11) is 0. The van der Waals surface area contributed by atoms with Crippen molar-refractivity contribution < 1.29 is 9.13 Å². The summed E-state index contributed by atoms with van der Waals surface area (Å²) in [6.07, 6.45) is 0. The number of nitrogens with one attached hydrogen (secondary N) is 1. The van der Waals surface area contributed by atoms with Gasteiger partial charge in [0, 0.05) is 12.1 Å². The number of anilines is 1. The number of hydrogen-bond donors (Lipinski definition) is 1. The standard InChI is InChI=1S/C16H12FN3O/c17-14-5-3-6-15(13(14)10-19)20-11-12-4-1-2-7-16(12)21-9-8-18/h1-7,20H,9,11H2. The molecule has 0 heterocycles. The van der Waals surface area contributed by atoms with Gasteiger partial charge in [-0.1, -0.05) is 24.3 Å². The van der Waals surface area contributed by atoms with Gasteiger partial charge in [-0.25, -0.2) is 4.39 Å². The maximum atomic E-state index is 13.5. The molecule has 0 aliphatic rings. The third kappa shape index (κ3) is 3.49. The van der Waals surface area contributed by atoms with Gasteiger partial charge in [-0.15, -0.1) is 0 Å². The number of nitriles is 2. The minimum absolute atomic E-state index is 0.0204. The fourth-order valence-corrected chi connectivity index (χ4v) is 1.88. The van der Waals surface area contributed by atoms with Gasteiger partial charge < -0.3 is 10.1 Å². The number of halogens is 1. The molecule has 2 aromatic carbocycles. The fraction of sp³-hybridized carbons (Fsp3) is 0.125. The van der Waals surface area contributed by atoms with Crippen LogP contribution in [0.2, 0.25) is 0 Å². The number of ether oxygens (including phenoxy) is 1. The quantitative estimate of drug-likeness (QED) is 0.913. The first-order valence-corrected chi connectivity index (χ1v) is 6.26. The van der Waals surface area contributed by atoms with E-state index in [0.29, 0.717) is 18.0 Å². The van der Waals surface area contributed by atoms with Gasteiger partial charge >= 0.3 is 0 Å². The molecule has 0 fully saturated rings. The Morgan fingerprint density at radius 2 is 1.90 bits per heavy atom. The van der Waals surface area contributed by atoms with Crippen molar-refractivity contribution in [3.8, 4) is 17.9 Å². The first kappa shape index (κ1) is 14.4. The van der Waals surface area contributed by atoms with Crippen LogP contribution in [-0.4, -0.2) is 6.61 Å². The molecule has 0 spiro atoms. The molecule has 0 aliphatic heterocycles. The molecule has 1 N–H and O–H groups in total. The molecule has 2 aromatic rings. The van der Waals surface area contributed by atoms with Gasteiger partial charge in [-0.2, -0.15) is 10.5 Å². The second-order valence-corrected chi connectivity index (χ2v) is 4.18. The van der Waals surface area contributed by atoms with Crippen molar-refractivity contribution in [2.24, 2.45) is 0 Å². The molecule has 0 saturated heterocycles. The van der Waals surface area contributed by atoms with Crippen molar-refractivity contribution in [3.05, 3.63) is 59.4 Å². The number of nitrogens with zero attached hydrogens (tertiary/aromatic N) is 2. The zero-order chi connectivity index (χ0) is 15.1. The predicted molar refractivity (Wildman–Crippen MR) is 76.0 cm³/mol. The van der Waals surface area contributed by atoms with Gasteiger partial charge in [0.05, 0.1) is 5.69 Å². The lowest BCUT2D eigenvalue weighted by molar-refractivity contribution is 0.364. The second kappa shape index (κ2) is 6.93. The molecule has 2 rings (SSSR count). The summed E-state index contributed by atoms with van der Waals surface area (Å²) in [5.41, 5.74) is 1.22. The van der Waals surface area contributed by atoms with E-state index in [1.165, 1.54) is 12.1 Å². The minimum Gasteiger partial charge on any atom is -0.478 e. The Labute approximate surface area is 122 Å². The maximum Gasteiger partial charge on any atom is 0.174 e. The topological polar surface area (TPSA) is 68.8 Å². The summed E-state index contributed by atoms with van der Waals surface area (Å²) in [5.74, 6) is 0.0259. The molecule has 0 aromatic heterocycles. The van der Waals surface area contributed by atoms with E-state index in [0.717, 1.165) is 5.56 Å². The number of hydrogen-bond acceptors (Lipinski definition) is 4. The van der Waals surface area contributed by atoms with Gasteiger partial charge in [0.1, 0.15) is 29.3 Å². The van der Waals surface area contributed by atoms with Crippen LogP contribution in [0.25, 0.3) is 0 Å². The summed E-state index contributed by atoms with van der Waals surface area (Å²) >= 11 is 0. The Kier molecular flexibility index (Phi) is 4.74. The fourth-order valence-electron chi connectivity index (χ4n) is 1.88. The number of para-hydroxylation sites is 1. The number of benzene rings is 2. The molecular formula is C16H12FN3O. The maximum absolute atomic E-state index is 13.5. The lowest BCUT2D eigenvalue weighted by Crippen LogP contribution is -2.05. The summed E-state index contributed by atoms with van der Waals surface area (Å²) < 4.78 is 18.8. The van der Waals surface area contributed by atoms with Crippen molar-refractivity contribution in [3.63, 3.8) is 0 Å². The van der Waals surface area contributed by atoms with Crippen LogP contribution in [0.3, 0.4) is 0 Å². The lowest BCUT2D eigenvalue weighted by Gasteiger charge is -2.12. The minimum atomic E-state index is -0.559. The van der Waals surface area contributed by atoms with Crippen LogP contribution in [0.1, 0.15) is 11.1 Å². The molecule has 0 unspecified atom stereocenters. The highest BCUT2D eigenvalue weighted by Gasteiger charge is 2.08. The van der Waals surface area contributed by atoms with E-state index < -0.39 is 5.82 Å². The van der Waals surface area contributed by atoms with E-state index in [1.807, 2.05) is 24.3 Å². The monoisotopic (exact) mass is 281 g/mol. The van der Waals surface area contributed by atoms with Crippen LogP contribution in [0.15, 0.2) is 42.5 Å². The Morgan fingerprint density at radius 3 is 2.67 bits per heavy atom. The SMILES string of the molecule is N#CCOc1ccccc1CNc1cccc(F)c1C#N. The average molecular weight is 281 g/mol. The zero-order valence-electron chi connectivity index (χ0n) is 11.1. The molecule has 104 valence electrons. The molecule has 0 bridgehead atoms. The Hall–Kier alpha value is -3.05. The third-order valence-electron chi connectivity index (χ3n) is 2.86. The first-order valence-electron chi connectivity index (χ1n) is 6.26. The van der Waals surface area contributed by atoms with Crippen molar-refractivity contribution >= 4 is 5.69 Å². The van der Waals surface area contributed by atoms with Gasteiger partial charge in [0.25, 0.3) is 0 Å².